The van der Waals surface area contributed by atoms with E-state index in [0.717, 1.165) is 38.4 Å². The van der Waals surface area contributed by atoms with E-state index in [1.54, 1.807) is 30.6 Å². The normalized spacial score (nSPS) is 13.8. The molecule has 1 fully saturated rings. The maximum atomic E-state index is 12.4. The Labute approximate surface area is 218 Å². The van der Waals surface area contributed by atoms with Gasteiger partial charge >= 0.3 is 5.97 Å². The van der Waals surface area contributed by atoms with Gasteiger partial charge in [0.1, 0.15) is 28.8 Å². The fourth-order valence-corrected chi connectivity index (χ4v) is 4.48. The lowest BCUT2D eigenvalue weighted by Gasteiger charge is -2.26. The molecule has 4 aromatic heterocycles. The van der Waals surface area contributed by atoms with Crippen molar-refractivity contribution in [2.45, 2.75) is 6.92 Å². The van der Waals surface area contributed by atoms with Crippen LogP contribution in [0.5, 0.6) is 0 Å². The third kappa shape index (κ3) is 6.82. The summed E-state index contributed by atoms with van der Waals surface area (Å²) in [6, 6.07) is 11.0. The van der Waals surface area contributed by atoms with Gasteiger partial charge in [-0.25, -0.2) is 24.7 Å². The molecule has 0 saturated carbocycles. The highest BCUT2D eigenvalue weighted by atomic mass is 32.1. The molecule has 3 N–H and O–H groups in total. The smallest absolute Gasteiger partial charge is 0.348 e. The molecular weight excluding hydrogens is 490 g/mol. The Morgan fingerprint density at radius 3 is 2.70 bits per heavy atom. The van der Waals surface area contributed by atoms with Crippen molar-refractivity contribution in [1.29, 1.82) is 0 Å². The molecule has 0 aromatic carbocycles. The third-order valence-corrected chi connectivity index (χ3v) is 6.50. The number of thiophene rings is 1. The van der Waals surface area contributed by atoms with E-state index in [9.17, 15) is 4.79 Å². The first kappa shape index (κ1) is 24.7. The molecule has 190 valence electrons. The average molecular weight is 518 g/mol. The number of esters is 1. The number of aromatic nitrogens is 5. The zero-order chi connectivity index (χ0) is 25.5. The number of nitrogens with zero attached hydrogens (tertiary/aromatic N) is 6. The molecule has 1 aliphatic heterocycles. The van der Waals surface area contributed by atoms with Crippen LogP contribution in [-0.4, -0.2) is 75.1 Å². The van der Waals surface area contributed by atoms with E-state index in [2.05, 4.69) is 45.8 Å². The Kier molecular flexibility index (Phi) is 7.89. The second-order valence-corrected chi connectivity index (χ2v) is 9.28. The summed E-state index contributed by atoms with van der Waals surface area (Å²) in [4.78, 5) is 37.4. The van der Waals surface area contributed by atoms with Crippen LogP contribution in [0.15, 0.2) is 54.2 Å². The molecule has 0 radical (unpaired) electrons. The Balaban J connectivity index is 1.18. The van der Waals surface area contributed by atoms with E-state index in [1.165, 1.54) is 11.3 Å². The number of aryl methyl sites for hydroxylation is 1. The summed E-state index contributed by atoms with van der Waals surface area (Å²) < 4.78 is 5.45. The van der Waals surface area contributed by atoms with Crippen molar-refractivity contribution >= 4 is 40.6 Å². The molecule has 0 aliphatic carbocycles. The lowest BCUT2D eigenvalue weighted by molar-refractivity contribution is 0.0461. The minimum Gasteiger partial charge on any atom is -0.460 e. The van der Waals surface area contributed by atoms with Crippen LogP contribution in [0.4, 0.5) is 23.3 Å². The van der Waals surface area contributed by atoms with E-state index in [4.69, 9.17) is 4.74 Å². The quantitative estimate of drug-likeness (QED) is 0.283. The molecular formula is C25H27N9O2S. The average Bonchev–Trinajstić information content (AvgIpc) is 3.38. The van der Waals surface area contributed by atoms with Gasteiger partial charge in [0.2, 0.25) is 5.95 Å². The standard InChI is InChI=1S/C25H27N9O2S/c1-17-3-2-4-19(29-17)23-27-7-5-21(32-23)31-22-6-8-28-25(33-22)30-18-15-20(37-16-18)24(35)36-14-13-34-11-9-26-10-12-34/h2-8,15-16,26H,9-14H2,1H3,(H2,27,28,30,31,32,33). The van der Waals surface area contributed by atoms with Gasteiger partial charge in [0.15, 0.2) is 5.82 Å². The molecule has 5 rings (SSSR count). The largest absolute Gasteiger partial charge is 0.460 e. The fourth-order valence-electron chi connectivity index (χ4n) is 3.75. The van der Waals surface area contributed by atoms with Crippen LogP contribution in [0, 0.1) is 6.92 Å². The highest BCUT2D eigenvalue weighted by Crippen LogP contribution is 2.23. The number of rotatable bonds is 9. The van der Waals surface area contributed by atoms with Gasteiger partial charge in [-0.15, -0.1) is 11.3 Å². The van der Waals surface area contributed by atoms with E-state index in [1.807, 2.05) is 30.5 Å². The summed E-state index contributed by atoms with van der Waals surface area (Å²) in [7, 11) is 0. The fraction of sp³-hybridized carbons (Fsp3) is 0.280. The van der Waals surface area contributed by atoms with Crippen LogP contribution in [0.3, 0.4) is 0 Å². The SMILES string of the molecule is Cc1cccc(-c2nccc(Nc3ccnc(Nc4csc(C(=O)OCCN5CCNCC5)c4)n3)n2)n1. The molecule has 37 heavy (non-hydrogen) atoms. The maximum Gasteiger partial charge on any atom is 0.348 e. The van der Waals surface area contributed by atoms with Gasteiger partial charge < -0.3 is 20.7 Å². The van der Waals surface area contributed by atoms with Crippen molar-refractivity contribution in [2.24, 2.45) is 0 Å². The number of nitrogens with one attached hydrogen (secondary N) is 3. The second-order valence-electron chi connectivity index (χ2n) is 8.37. The summed E-state index contributed by atoms with van der Waals surface area (Å²) in [6.45, 7) is 6.93. The number of piperazine rings is 1. The van der Waals surface area contributed by atoms with Crippen molar-refractivity contribution in [2.75, 3.05) is 50.0 Å². The van der Waals surface area contributed by atoms with E-state index >= 15 is 0 Å². The topological polar surface area (TPSA) is 130 Å². The minimum absolute atomic E-state index is 0.327. The molecule has 0 atom stereocenters. The van der Waals surface area contributed by atoms with Gasteiger partial charge in [0.25, 0.3) is 0 Å². The van der Waals surface area contributed by atoms with Crippen molar-refractivity contribution < 1.29 is 9.53 Å². The van der Waals surface area contributed by atoms with Crippen LogP contribution in [0.25, 0.3) is 11.5 Å². The first-order valence-corrected chi connectivity index (χ1v) is 12.8. The molecule has 1 saturated heterocycles. The zero-order valence-electron chi connectivity index (χ0n) is 20.3. The molecule has 0 bridgehead atoms. The van der Waals surface area contributed by atoms with Gasteiger partial charge in [-0.2, -0.15) is 4.98 Å². The predicted molar refractivity (Wildman–Crippen MR) is 143 cm³/mol. The maximum absolute atomic E-state index is 12.4. The van der Waals surface area contributed by atoms with Crippen LogP contribution < -0.4 is 16.0 Å². The molecule has 5 heterocycles. The number of anilines is 4. The third-order valence-electron chi connectivity index (χ3n) is 5.59. The molecule has 1 aliphatic rings. The van der Waals surface area contributed by atoms with Gasteiger partial charge in [-0.1, -0.05) is 6.07 Å². The molecule has 11 nitrogen and oxygen atoms in total. The number of hydrogen-bond acceptors (Lipinski definition) is 12. The number of ether oxygens (including phenoxy) is 1. The summed E-state index contributed by atoms with van der Waals surface area (Å²) in [5.74, 6) is 1.72. The van der Waals surface area contributed by atoms with Crippen molar-refractivity contribution in [1.82, 2.24) is 35.1 Å². The van der Waals surface area contributed by atoms with Gasteiger partial charge in [-0.3, -0.25) is 4.90 Å². The van der Waals surface area contributed by atoms with E-state index < -0.39 is 0 Å². The van der Waals surface area contributed by atoms with Crippen molar-refractivity contribution in [3.63, 3.8) is 0 Å². The first-order chi connectivity index (χ1) is 18.1. The van der Waals surface area contributed by atoms with Crippen LogP contribution in [0.1, 0.15) is 15.4 Å². The molecule has 0 amide bonds. The Hall–Kier alpha value is -4.00. The summed E-state index contributed by atoms with van der Waals surface area (Å²) in [6.07, 6.45) is 3.31. The van der Waals surface area contributed by atoms with Gasteiger partial charge in [0.05, 0.1) is 5.69 Å². The van der Waals surface area contributed by atoms with Crippen LogP contribution in [0.2, 0.25) is 0 Å². The van der Waals surface area contributed by atoms with Gasteiger partial charge in [0, 0.05) is 56.2 Å². The molecule has 0 unspecified atom stereocenters. The minimum atomic E-state index is -0.327. The van der Waals surface area contributed by atoms with E-state index in [-0.39, 0.29) is 5.97 Å². The molecule has 0 spiro atoms. The number of carbonyl (C=O) groups excluding carboxylic acids is 1. The van der Waals surface area contributed by atoms with Crippen molar-refractivity contribution in [3.8, 4) is 11.5 Å². The Morgan fingerprint density at radius 1 is 1.05 bits per heavy atom. The lowest BCUT2D eigenvalue weighted by atomic mass is 10.3. The van der Waals surface area contributed by atoms with Crippen LogP contribution >= 0.6 is 11.3 Å². The summed E-state index contributed by atoms with van der Waals surface area (Å²) in [5, 5.41) is 11.5. The molecule has 4 aromatic rings. The van der Waals surface area contributed by atoms with E-state index in [0.29, 0.717) is 46.3 Å². The number of carbonyl (C=O) groups is 1. The first-order valence-electron chi connectivity index (χ1n) is 12.0. The summed E-state index contributed by atoms with van der Waals surface area (Å²) in [5.41, 5.74) is 2.31. The Morgan fingerprint density at radius 2 is 1.86 bits per heavy atom. The predicted octanol–water partition coefficient (Wildman–Crippen LogP) is 3.25. The highest BCUT2D eigenvalue weighted by molar-refractivity contribution is 7.12. The number of hydrogen-bond donors (Lipinski definition) is 3. The molecule has 12 heteroatoms. The second kappa shape index (κ2) is 11.8. The Bertz CT molecular complexity index is 1360. The highest BCUT2D eigenvalue weighted by Gasteiger charge is 2.14. The monoisotopic (exact) mass is 517 g/mol. The number of pyridine rings is 1. The van der Waals surface area contributed by atoms with Gasteiger partial charge in [-0.05, 0) is 37.3 Å². The zero-order valence-corrected chi connectivity index (χ0v) is 21.2. The summed E-state index contributed by atoms with van der Waals surface area (Å²) >= 11 is 1.32. The lowest BCUT2D eigenvalue weighted by Crippen LogP contribution is -2.44. The van der Waals surface area contributed by atoms with Crippen molar-refractivity contribution in [3.05, 3.63) is 64.7 Å². The van der Waals surface area contributed by atoms with Crippen LogP contribution in [-0.2, 0) is 4.74 Å².